The van der Waals surface area contributed by atoms with Crippen LogP contribution in [-0.4, -0.2) is 35.6 Å². The number of amides is 1. The number of carbonyl (C=O) groups excluding carboxylic acids is 2. The highest BCUT2D eigenvalue weighted by Crippen LogP contribution is 2.22. The Bertz CT molecular complexity index is 830. The summed E-state index contributed by atoms with van der Waals surface area (Å²) < 4.78 is 5.11. The number of hydrogen-bond acceptors (Lipinski definition) is 5. The van der Waals surface area contributed by atoms with Crippen molar-refractivity contribution in [2.75, 3.05) is 18.2 Å². The van der Waals surface area contributed by atoms with Crippen LogP contribution >= 0.6 is 11.8 Å². The van der Waals surface area contributed by atoms with Gasteiger partial charge in [0.1, 0.15) is 5.75 Å². The van der Waals surface area contributed by atoms with Crippen LogP contribution in [0.15, 0.2) is 65.6 Å². The van der Waals surface area contributed by atoms with Crippen molar-refractivity contribution in [1.82, 2.24) is 0 Å². The molecule has 0 unspecified atom stereocenters. The van der Waals surface area contributed by atoms with Gasteiger partial charge in [-0.25, -0.2) is 4.79 Å². The number of rotatable bonds is 8. The molecule has 2 aromatic rings. The number of ketones is 1. The molecule has 6 nitrogen and oxygen atoms in total. The number of hydrogen-bond donors (Lipinski definition) is 2. The van der Waals surface area contributed by atoms with Crippen LogP contribution in [0.3, 0.4) is 0 Å². The largest absolute Gasteiger partial charge is 0.497 e. The molecule has 0 fully saturated rings. The lowest BCUT2D eigenvalue weighted by molar-refractivity contribution is -0.131. The molecule has 0 spiro atoms. The van der Waals surface area contributed by atoms with Crippen molar-refractivity contribution in [3.8, 4) is 5.75 Å². The molecule has 2 N–H and O–H groups in total. The second-order valence-electron chi connectivity index (χ2n) is 5.13. The number of anilines is 1. The predicted molar refractivity (Wildman–Crippen MR) is 99.9 cm³/mol. The number of carbonyl (C=O) groups is 3. The fourth-order valence-corrected chi connectivity index (χ4v) is 2.79. The van der Waals surface area contributed by atoms with Crippen molar-refractivity contribution in [3.63, 3.8) is 0 Å². The molecule has 0 radical (unpaired) electrons. The maximum absolute atomic E-state index is 12.2. The minimum Gasteiger partial charge on any atom is -0.497 e. The SMILES string of the molecule is COc1cccc(C(=O)CSc2ccc(NC(=O)/C=C/C(=O)O)cc2)c1. The Morgan fingerprint density at radius 1 is 1.12 bits per heavy atom. The molecule has 0 saturated carbocycles. The average molecular weight is 371 g/mol. The third-order valence-corrected chi connectivity index (χ3v) is 4.27. The van der Waals surface area contributed by atoms with Crippen LogP contribution in [0.5, 0.6) is 5.75 Å². The van der Waals surface area contributed by atoms with Crippen molar-refractivity contribution in [1.29, 1.82) is 0 Å². The van der Waals surface area contributed by atoms with Crippen LogP contribution in [0, 0.1) is 0 Å². The molecule has 2 aromatic carbocycles. The quantitative estimate of drug-likeness (QED) is 0.420. The van der Waals surface area contributed by atoms with Crippen molar-refractivity contribution in [2.45, 2.75) is 4.90 Å². The van der Waals surface area contributed by atoms with Crippen molar-refractivity contribution >= 4 is 35.1 Å². The van der Waals surface area contributed by atoms with E-state index >= 15 is 0 Å². The van der Waals surface area contributed by atoms with Crippen LogP contribution in [-0.2, 0) is 9.59 Å². The summed E-state index contributed by atoms with van der Waals surface area (Å²) in [5.74, 6) is -0.808. The Labute approximate surface area is 154 Å². The second kappa shape index (κ2) is 9.43. The van der Waals surface area contributed by atoms with Crippen LogP contribution in [0.4, 0.5) is 5.69 Å². The molecule has 7 heteroatoms. The first-order valence-corrected chi connectivity index (χ1v) is 8.58. The van der Waals surface area contributed by atoms with Crippen LogP contribution < -0.4 is 10.1 Å². The summed E-state index contributed by atoms with van der Waals surface area (Å²) in [6.45, 7) is 0. The third kappa shape index (κ3) is 6.10. The first-order valence-electron chi connectivity index (χ1n) is 7.60. The van der Waals surface area contributed by atoms with Crippen molar-refractivity contribution < 1.29 is 24.2 Å². The molecule has 1 amide bonds. The Balaban J connectivity index is 1.89. The van der Waals surface area contributed by atoms with E-state index in [-0.39, 0.29) is 11.5 Å². The molecular weight excluding hydrogens is 354 g/mol. The number of Topliss-reactive ketones (excluding diaryl/α,β-unsaturated/α-hetero) is 1. The highest BCUT2D eigenvalue weighted by Gasteiger charge is 2.08. The van der Waals surface area contributed by atoms with E-state index in [0.29, 0.717) is 17.0 Å². The molecule has 0 atom stereocenters. The molecule has 0 aliphatic heterocycles. The lowest BCUT2D eigenvalue weighted by Gasteiger charge is -2.06. The molecular formula is C19H17NO5S. The summed E-state index contributed by atoms with van der Waals surface area (Å²) >= 11 is 1.38. The fraction of sp³-hybridized carbons (Fsp3) is 0.105. The van der Waals surface area contributed by atoms with Gasteiger partial charge >= 0.3 is 5.97 Å². The first kappa shape index (κ1) is 19.3. The molecule has 26 heavy (non-hydrogen) atoms. The van der Waals surface area contributed by atoms with Crippen LogP contribution in [0.1, 0.15) is 10.4 Å². The number of benzene rings is 2. The number of carboxylic acids is 1. The fourth-order valence-electron chi connectivity index (χ4n) is 1.99. The Morgan fingerprint density at radius 3 is 2.50 bits per heavy atom. The van der Waals surface area contributed by atoms with Crippen LogP contribution in [0.2, 0.25) is 0 Å². The maximum Gasteiger partial charge on any atom is 0.328 e. The standard InChI is InChI=1S/C19H17NO5S/c1-25-15-4-2-3-13(11-15)17(21)12-26-16-7-5-14(6-8-16)20-18(22)9-10-19(23)24/h2-11H,12H2,1H3,(H,20,22)(H,23,24)/b10-9+. The molecule has 2 rings (SSSR count). The lowest BCUT2D eigenvalue weighted by atomic mass is 10.1. The van der Waals surface area contributed by atoms with E-state index in [0.717, 1.165) is 17.0 Å². The Hall–Kier alpha value is -3.06. The third-order valence-electron chi connectivity index (χ3n) is 3.26. The molecule has 0 aliphatic rings. The smallest absolute Gasteiger partial charge is 0.328 e. The van der Waals surface area contributed by atoms with E-state index in [4.69, 9.17) is 9.84 Å². The Kier molecular flexibility index (Phi) is 6.99. The number of carboxylic acid groups (broad SMARTS) is 1. The van der Waals surface area contributed by atoms with E-state index in [1.165, 1.54) is 11.8 Å². The van der Waals surface area contributed by atoms with Gasteiger partial charge in [-0.2, -0.15) is 0 Å². The zero-order valence-electron chi connectivity index (χ0n) is 14.0. The topological polar surface area (TPSA) is 92.7 Å². The van der Waals surface area contributed by atoms with E-state index in [1.54, 1.807) is 55.6 Å². The minimum absolute atomic E-state index is 0.00918. The summed E-state index contributed by atoms with van der Waals surface area (Å²) in [6, 6.07) is 13.9. The van der Waals surface area contributed by atoms with Gasteiger partial charge in [-0.15, -0.1) is 11.8 Å². The molecule has 0 aliphatic carbocycles. The number of thioether (sulfide) groups is 1. The summed E-state index contributed by atoms with van der Waals surface area (Å²) in [4.78, 5) is 35.0. The molecule has 0 aromatic heterocycles. The van der Waals surface area contributed by atoms with Crippen molar-refractivity contribution in [3.05, 3.63) is 66.2 Å². The van der Waals surface area contributed by atoms with Gasteiger partial charge in [0.25, 0.3) is 0 Å². The highest BCUT2D eigenvalue weighted by molar-refractivity contribution is 8.00. The zero-order valence-corrected chi connectivity index (χ0v) is 14.8. The molecule has 0 heterocycles. The van der Waals surface area contributed by atoms with E-state index in [2.05, 4.69) is 5.32 Å². The summed E-state index contributed by atoms with van der Waals surface area (Å²) in [5, 5.41) is 11.0. The number of methoxy groups -OCH3 is 1. The van der Waals surface area contributed by atoms with Gasteiger partial charge < -0.3 is 15.2 Å². The van der Waals surface area contributed by atoms with Gasteiger partial charge in [0, 0.05) is 28.3 Å². The van der Waals surface area contributed by atoms with E-state index < -0.39 is 11.9 Å². The van der Waals surface area contributed by atoms with Gasteiger partial charge in [-0.05, 0) is 36.4 Å². The maximum atomic E-state index is 12.2. The van der Waals surface area contributed by atoms with E-state index in [1.807, 2.05) is 0 Å². The second-order valence-corrected chi connectivity index (χ2v) is 6.18. The Morgan fingerprint density at radius 2 is 1.85 bits per heavy atom. The number of ether oxygens (including phenoxy) is 1. The van der Waals surface area contributed by atoms with Crippen molar-refractivity contribution in [2.24, 2.45) is 0 Å². The molecule has 0 bridgehead atoms. The van der Waals surface area contributed by atoms with Gasteiger partial charge in [-0.1, -0.05) is 12.1 Å². The highest BCUT2D eigenvalue weighted by atomic mass is 32.2. The monoisotopic (exact) mass is 371 g/mol. The van der Waals surface area contributed by atoms with Gasteiger partial charge in [0.05, 0.1) is 12.9 Å². The summed E-state index contributed by atoms with van der Waals surface area (Å²) in [5.41, 5.74) is 1.12. The molecule has 134 valence electrons. The van der Waals surface area contributed by atoms with Gasteiger partial charge in [-0.3, -0.25) is 9.59 Å². The minimum atomic E-state index is -1.19. The average Bonchev–Trinajstić information content (AvgIpc) is 2.65. The molecule has 0 saturated heterocycles. The lowest BCUT2D eigenvalue weighted by Crippen LogP contribution is -2.08. The summed E-state index contributed by atoms with van der Waals surface area (Å²) in [7, 11) is 1.55. The van der Waals surface area contributed by atoms with E-state index in [9.17, 15) is 14.4 Å². The summed E-state index contributed by atoms with van der Waals surface area (Å²) in [6.07, 6.45) is 1.71. The normalized spacial score (nSPS) is 10.5. The zero-order chi connectivity index (χ0) is 18.9. The predicted octanol–water partition coefficient (Wildman–Crippen LogP) is 3.25. The van der Waals surface area contributed by atoms with Crippen LogP contribution in [0.25, 0.3) is 0 Å². The van der Waals surface area contributed by atoms with Gasteiger partial charge in [0.2, 0.25) is 5.91 Å². The van der Waals surface area contributed by atoms with Gasteiger partial charge in [0.15, 0.2) is 5.78 Å². The number of aliphatic carboxylic acids is 1. The first-order chi connectivity index (χ1) is 12.5. The number of nitrogens with one attached hydrogen (secondary N) is 1.